The van der Waals surface area contributed by atoms with Gasteiger partial charge in [-0.2, -0.15) is 5.10 Å². The maximum Gasteiger partial charge on any atom is 0.0738 e. The van der Waals surface area contributed by atoms with Crippen molar-refractivity contribution in [2.45, 2.75) is 64.3 Å². The van der Waals surface area contributed by atoms with E-state index in [-0.39, 0.29) is 0 Å². The van der Waals surface area contributed by atoms with Gasteiger partial charge in [0.15, 0.2) is 0 Å². The maximum absolute atomic E-state index is 5.79. The molecule has 4 nitrogen and oxygen atoms in total. The fraction of sp³-hybridized carbons (Fsp3) is 0.800. The number of nitrogens with two attached hydrogens (primary N) is 1. The maximum atomic E-state index is 5.79. The number of aryl methyl sites for hydroxylation is 2. The quantitative estimate of drug-likeness (QED) is 0.490. The number of nitrogens with one attached hydrogen (secondary N) is 1. The van der Waals surface area contributed by atoms with Crippen LogP contribution in [0.5, 0.6) is 0 Å². The molecule has 1 fully saturated rings. The van der Waals surface area contributed by atoms with E-state index in [0.29, 0.717) is 6.04 Å². The minimum atomic E-state index is 0.337. The van der Waals surface area contributed by atoms with Crippen LogP contribution in [0.2, 0.25) is 0 Å². The van der Waals surface area contributed by atoms with Crippen LogP contribution in [0.15, 0.2) is 4.47 Å². The Morgan fingerprint density at radius 3 is 2.50 bits per heavy atom. The van der Waals surface area contributed by atoms with Crippen LogP contribution in [-0.2, 0) is 13.5 Å². The summed E-state index contributed by atoms with van der Waals surface area (Å²) in [5.74, 6) is 6.61. The molecule has 1 unspecified atom stereocenters. The third kappa shape index (κ3) is 4.06. The van der Waals surface area contributed by atoms with E-state index in [1.54, 1.807) is 0 Å². The number of nitrogens with zero attached hydrogens (tertiary/aromatic N) is 2. The first kappa shape index (κ1) is 16.0. The van der Waals surface area contributed by atoms with Crippen LogP contribution in [0.25, 0.3) is 0 Å². The molecule has 0 amide bonds. The Labute approximate surface area is 130 Å². The van der Waals surface area contributed by atoms with Crippen molar-refractivity contribution in [1.29, 1.82) is 0 Å². The summed E-state index contributed by atoms with van der Waals surface area (Å²) in [6.45, 7) is 2.03. The second kappa shape index (κ2) is 7.57. The summed E-state index contributed by atoms with van der Waals surface area (Å²) in [5, 5.41) is 4.46. The zero-order valence-corrected chi connectivity index (χ0v) is 14.2. The van der Waals surface area contributed by atoms with Crippen molar-refractivity contribution < 1.29 is 0 Å². The molecule has 114 valence electrons. The fourth-order valence-corrected chi connectivity index (χ4v) is 3.85. The minimum absolute atomic E-state index is 0.337. The molecule has 2 rings (SSSR count). The third-order valence-corrected chi connectivity index (χ3v) is 5.56. The first-order valence-corrected chi connectivity index (χ1v) is 8.55. The lowest BCUT2D eigenvalue weighted by atomic mass is 9.91. The van der Waals surface area contributed by atoms with Gasteiger partial charge in [0.2, 0.25) is 0 Å². The molecule has 1 aliphatic carbocycles. The summed E-state index contributed by atoms with van der Waals surface area (Å²) in [7, 11) is 2.01. The summed E-state index contributed by atoms with van der Waals surface area (Å²) < 4.78 is 3.10. The molecule has 3 N–H and O–H groups in total. The van der Waals surface area contributed by atoms with E-state index < -0.39 is 0 Å². The van der Waals surface area contributed by atoms with Crippen molar-refractivity contribution in [3.05, 3.63) is 15.9 Å². The van der Waals surface area contributed by atoms with Crippen molar-refractivity contribution in [2.75, 3.05) is 0 Å². The summed E-state index contributed by atoms with van der Waals surface area (Å²) in [4.78, 5) is 0. The molecule has 20 heavy (non-hydrogen) atoms. The number of hydrogen-bond donors (Lipinski definition) is 2. The lowest BCUT2D eigenvalue weighted by molar-refractivity contribution is 0.348. The van der Waals surface area contributed by atoms with E-state index in [2.05, 4.69) is 26.5 Å². The SMILES string of the molecule is Cc1nn(C)c(CC(CC2CCCCCC2)NN)c1Br. The minimum Gasteiger partial charge on any atom is -0.271 e. The Morgan fingerprint density at radius 2 is 2.00 bits per heavy atom. The van der Waals surface area contributed by atoms with Crippen molar-refractivity contribution in [1.82, 2.24) is 15.2 Å². The highest BCUT2D eigenvalue weighted by molar-refractivity contribution is 9.10. The van der Waals surface area contributed by atoms with Gasteiger partial charge in [0.25, 0.3) is 0 Å². The average molecular weight is 343 g/mol. The van der Waals surface area contributed by atoms with Crippen molar-refractivity contribution in [3.8, 4) is 0 Å². The lowest BCUT2D eigenvalue weighted by Gasteiger charge is -2.22. The van der Waals surface area contributed by atoms with Gasteiger partial charge >= 0.3 is 0 Å². The van der Waals surface area contributed by atoms with E-state index in [1.165, 1.54) is 50.6 Å². The van der Waals surface area contributed by atoms with Crippen LogP contribution in [0.1, 0.15) is 56.3 Å². The summed E-state index contributed by atoms with van der Waals surface area (Å²) >= 11 is 3.64. The van der Waals surface area contributed by atoms with Crippen LogP contribution in [0.4, 0.5) is 0 Å². The molecule has 0 spiro atoms. The zero-order valence-electron chi connectivity index (χ0n) is 12.7. The Morgan fingerprint density at radius 1 is 1.35 bits per heavy atom. The highest BCUT2D eigenvalue weighted by Crippen LogP contribution is 2.28. The van der Waals surface area contributed by atoms with Crippen LogP contribution >= 0.6 is 15.9 Å². The van der Waals surface area contributed by atoms with E-state index >= 15 is 0 Å². The second-order valence-corrected chi connectivity index (χ2v) is 6.92. The van der Waals surface area contributed by atoms with Gasteiger partial charge in [-0.15, -0.1) is 0 Å². The largest absolute Gasteiger partial charge is 0.271 e. The number of halogens is 1. The smallest absolute Gasteiger partial charge is 0.0738 e. The second-order valence-electron chi connectivity index (χ2n) is 6.13. The molecule has 1 aliphatic rings. The molecule has 0 radical (unpaired) electrons. The normalized spacial score (nSPS) is 19.0. The molecule has 0 bridgehead atoms. The van der Waals surface area contributed by atoms with Crippen LogP contribution in [0, 0.1) is 12.8 Å². The van der Waals surface area contributed by atoms with E-state index in [4.69, 9.17) is 5.84 Å². The Kier molecular flexibility index (Phi) is 6.05. The lowest BCUT2D eigenvalue weighted by Crippen LogP contribution is -2.38. The molecule has 0 saturated heterocycles. The van der Waals surface area contributed by atoms with Gasteiger partial charge < -0.3 is 0 Å². The van der Waals surface area contributed by atoms with Gasteiger partial charge in [0.05, 0.1) is 15.9 Å². The molecule has 1 atom stereocenters. The molecular weight excluding hydrogens is 316 g/mol. The summed E-state index contributed by atoms with van der Waals surface area (Å²) in [6, 6.07) is 0.337. The monoisotopic (exact) mass is 342 g/mol. The van der Waals surface area contributed by atoms with Gasteiger partial charge in [-0.05, 0) is 35.2 Å². The Balaban J connectivity index is 1.97. The molecular formula is C15H27BrN4. The Hall–Kier alpha value is -0.390. The van der Waals surface area contributed by atoms with Crippen LogP contribution in [0.3, 0.4) is 0 Å². The number of aromatic nitrogens is 2. The standard InChI is InChI=1S/C15H27BrN4/c1-11-15(16)14(20(2)19-11)10-13(18-17)9-12-7-5-3-4-6-8-12/h12-13,18H,3-10,17H2,1-2H3. The van der Waals surface area contributed by atoms with E-state index in [1.807, 2.05) is 18.7 Å². The van der Waals surface area contributed by atoms with Crippen molar-refractivity contribution in [3.63, 3.8) is 0 Å². The summed E-state index contributed by atoms with van der Waals surface area (Å²) in [6.07, 6.45) is 10.4. The van der Waals surface area contributed by atoms with E-state index in [0.717, 1.165) is 22.5 Å². The molecule has 0 aliphatic heterocycles. The van der Waals surface area contributed by atoms with Gasteiger partial charge in [-0.3, -0.25) is 16.0 Å². The van der Waals surface area contributed by atoms with E-state index in [9.17, 15) is 0 Å². The van der Waals surface area contributed by atoms with Gasteiger partial charge in [-0.25, -0.2) is 0 Å². The first-order valence-electron chi connectivity index (χ1n) is 7.76. The molecule has 1 aromatic heterocycles. The van der Waals surface area contributed by atoms with Crippen molar-refractivity contribution in [2.24, 2.45) is 18.8 Å². The van der Waals surface area contributed by atoms with Gasteiger partial charge in [0, 0.05) is 19.5 Å². The first-order chi connectivity index (χ1) is 9.61. The van der Waals surface area contributed by atoms with Crippen LogP contribution in [-0.4, -0.2) is 15.8 Å². The van der Waals surface area contributed by atoms with Gasteiger partial charge in [0.1, 0.15) is 0 Å². The fourth-order valence-electron chi connectivity index (χ4n) is 3.35. The number of rotatable bonds is 5. The molecule has 0 aromatic carbocycles. The molecule has 1 saturated carbocycles. The Bertz CT molecular complexity index is 422. The average Bonchev–Trinajstić information content (AvgIpc) is 2.66. The number of hydrogen-bond acceptors (Lipinski definition) is 3. The van der Waals surface area contributed by atoms with Crippen molar-refractivity contribution >= 4 is 15.9 Å². The highest BCUT2D eigenvalue weighted by atomic mass is 79.9. The zero-order chi connectivity index (χ0) is 14.5. The molecule has 1 heterocycles. The van der Waals surface area contributed by atoms with Gasteiger partial charge in [-0.1, -0.05) is 38.5 Å². The molecule has 5 heteroatoms. The van der Waals surface area contributed by atoms with Crippen LogP contribution < -0.4 is 11.3 Å². The predicted molar refractivity (Wildman–Crippen MR) is 86.3 cm³/mol. The topological polar surface area (TPSA) is 55.9 Å². The number of hydrazine groups is 1. The molecule has 1 aromatic rings. The third-order valence-electron chi connectivity index (χ3n) is 4.53. The highest BCUT2D eigenvalue weighted by Gasteiger charge is 2.20. The summed E-state index contributed by atoms with van der Waals surface area (Å²) in [5.41, 5.74) is 5.30. The predicted octanol–water partition coefficient (Wildman–Crippen LogP) is 3.23.